The Morgan fingerprint density at radius 2 is 2.24 bits per heavy atom. The number of aryl methyl sites for hydroxylation is 1. The fraction of sp³-hybridized carbons (Fsp3) is 0.357. The summed E-state index contributed by atoms with van der Waals surface area (Å²) in [5, 5.41) is 3.96. The van der Waals surface area contributed by atoms with Crippen LogP contribution >= 0.6 is 0 Å². The maximum Gasteiger partial charge on any atom is 0.216 e. The third-order valence-corrected chi connectivity index (χ3v) is 2.89. The van der Waals surface area contributed by atoms with Crippen molar-refractivity contribution in [2.75, 3.05) is 6.54 Å². The first-order valence-electron chi connectivity index (χ1n) is 5.94. The Labute approximate surface area is 101 Å². The van der Waals surface area contributed by atoms with Gasteiger partial charge in [-0.05, 0) is 36.1 Å². The summed E-state index contributed by atoms with van der Waals surface area (Å²) < 4.78 is 5.49. The molecule has 0 fully saturated rings. The number of furan rings is 1. The van der Waals surface area contributed by atoms with Gasteiger partial charge in [0.1, 0.15) is 5.58 Å². The SMILES string of the molecule is CCc1ccc2occ(CCNC(C)=O)c2c1. The van der Waals surface area contributed by atoms with E-state index >= 15 is 0 Å². The number of fused-ring (bicyclic) bond motifs is 1. The highest BCUT2D eigenvalue weighted by Crippen LogP contribution is 2.23. The first kappa shape index (κ1) is 11.7. The fourth-order valence-corrected chi connectivity index (χ4v) is 1.92. The Bertz CT molecular complexity index is 528. The van der Waals surface area contributed by atoms with Crippen LogP contribution in [0, 0.1) is 0 Å². The molecule has 0 spiro atoms. The van der Waals surface area contributed by atoms with E-state index in [1.165, 1.54) is 12.5 Å². The molecule has 2 rings (SSSR count). The summed E-state index contributed by atoms with van der Waals surface area (Å²) in [6, 6.07) is 6.27. The zero-order valence-corrected chi connectivity index (χ0v) is 10.2. The van der Waals surface area contributed by atoms with Gasteiger partial charge < -0.3 is 9.73 Å². The van der Waals surface area contributed by atoms with Crippen LogP contribution in [0.5, 0.6) is 0 Å². The molecule has 1 aromatic heterocycles. The number of benzene rings is 1. The number of nitrogens with one attached hydrogen (secondary N) is 1. The predicted octanol–water partition coefficient (Wildman–Crippen LogP) is 2.67. The molecule has 0 unspecified atom stereocenters. The molecule has 0 radical (unpaired) electrons. The van der Waals surface area contributed by atoms with Gasteiger partial charge in [0.2, 0.25) is 5.91 Å². The monoisotopic (exact) mass is 231 g/mol. The summed E-state index contributed by atoms with van der Waals surface area (Å²) in [7, 11) is 0. The molecule has 0 bridgehead atoms. The number of rotatable bonds is 4. The first-order chi connectivity index (χ1) is 8.20. The van der Waals surface area contributed by atoms with Crippen LogP contribution in [0.1, 0.15) is 25.0 Å². The second kappa shape index (κ2) is 5.04. The Hall–Kier alpha value is -1.77. The normalized spacial score (nSPS) is 10.7. The van der Waals surface area contributed by atoms with Gasteiger partial charge in [-0.2, -0.15) is 0 Å². The van der Waals surface area contributed by atoms with E-state index in [4.69, 9.17) is 4.42 Å². The lowest BCUT2D eigenvalue weighted by Gasteiger charge is -2.01. The second-order valence-electron chi connectivity index (χ2n) is 4.18. The Morgan fingerprint density at radius 1 is 1.41 bits per heavy atom. The lowest BCUT2D eigenvalue weighted by Crippen LogP contribution is -2.22. The molecule has 0 saturated carbocycles. The molecule has 1 aromatic carbocycles. The van der Waals surface area contributed by atoms with E-state index in [0.29, 0.717) is 6.54 Å². The van der Waals surface area contributed by atoms with Crippen LogP contribution in [0.3, 0.4) is 0 Å². The summed E-state index contributed by atoms with van der Waals surface area (Å²) in [6.45, 7) is 4.32. The average Bonchev–Trinajstić information content (AvgIpc) is 2.71. The van der Waals surface area contributed by atoms with Crippen LogP contribution in [0.4, 0.5) is 0 Å². The number of carbonyl (C=O) groups excluding carboxylic acids is 1. The molecule has 3 nitrogen and oxygen atoms in total. The lowest BCUT2D eigenvalue weighted by molar-refractivity contribution is -0.118. The fourth-order valence-electron chi connectivity index (χ4n) is 1.92. The van der Waals surface area contributed by atoms with Crippen molar-refractivity contribution in [1.29, 1.82) is 0 Å². The highest BCUT2D eigenvalue weighted by molar-refractivity contribution is 5.82. The molecule has 1 N–H and O–H groups in total. The van der Waals surface area contributed by atoms with Crippen molar-refractivity contribution in [3.8, 4) is 0 Å². The van der Waals surface area contributed by atoms with E-state index in [-0.39, 0.29) is 5.91 Å². The molecule has 0 aliphatic rings. The Balaban J connectivity index is 2.19. The van der Waals surface area contributed by atoms with Crippen LogP contribution in [-0.2, 0) is 17.6 Å². The van der Waals surface area contributed by atoms with E-state index in [1.807, 2.05) is 6.07 Å². The minimum Gasteiger partial charge on any atom is -0.464 e. The molecule has 1 heterocycles. The zero-order valence-electron chi connectivity index (χ0n) is 10.2. The summed E-state index contributed by atoms with van der Waals surface area (Å²) in [5.74, 6) is 0.00653. The zero-order chi connectivity index (χ0) is 12.3. The van der Waals surface area contributed by atoms with Crippen LogP contribution in [0.2, 0.25) is 0 Å². The quantitative estimate of drug-likeness (QED) is 0.879. The lowest BCUT2D eigenvalue weighted by atomic mass is 10.1. The van der Waals surface area contributed by atoms with Crippen molar-refractivity contribution in [3.63, 3.8) is 0 Å². The minimum atomic E-state index is 0.00653. The third-order valence-electron chi connectivity index (χ3n) is 2.89. The smallest absolute Gasteiger partial charge is 0.216 e. The van der Waals surface area contributed by atoms with Gasteiger partial charge in [-0.25, -0.2) is 0 Å². The topological polar surface area (TPSA) is 42.2 Å². The summed E-state index contributed by atoms with van der Waals surface area (Å²) >= 11 is 0. The molecule has 0 aliphatic carbocycles. The molecule has 0 atom stereocenters. The van der Waals surface area contributed by atoms with Crippen molar-refractivity contribution in [2.45, 2.75) is 26.7 Å². The van der Waals surface area contributed by atoms with Crippen LogP contribution < -0.4 is 5.32 Å². The minimum absolute atomic E-state index is 0.00653. The largest absolute Gasteiger partial charge is 0.464 e. The number of carbonyl (C=O) groups is 1. The van der Waals surface area contributed by atoms with Gasteiger partial charge in [0.15, 0.2) is 0 Å². The highest BCUT2D eigenvalue weighted by Gasteiger charge is 2.06. The van der Waals surface area contributed by atoms with Gasteiger partial charge in [0.05, 0.1) is 6.26 Å². The van der Waals surface area contributed by atoms with Crippen molar-refractivity contribution in [2.24, 2.45) is 0 Å². The van der Waals surface area contributed by atoms with E-state index in [1.54, 1.807) is 6.26 Å². The second-order valence-corrected chi connectivity index (χ2v) is 4.18. The number of hydrogen-bond donors (Lipinski definition) is 1. The number of hydrogen-bond acceptors (Lipinski definition) is 2. The van der Waals surface area contributed by atoms with E-state index < -0.39 is 0 Å². The molecule has 0 aliphatic heterocycles. The molecule has 2 aromatic rings. The number of amides is 1. The van der Waals surface area contributed by atoms with Crippen LogP contribution in [-0.4, -0.2) is 12.5 Å². The van der Waals surface area contributed by atoms with Gasteiger partial charge in [0.25, 0.3) is 0 Å². The van der Waals surface area contributed by atoms with Gasteiger partial charge in [-0.3, -0.25) is 4.79 Å². The maximum atomic E-state index is 10.8. The van der Waals surface area contributed by atoms with Crippen molar-refractivity contribution in [1.82, 2.24) is 5.32 Å². The van der Waals surface area contributed by atoms with E-state index in [0.717, 1.165) is 29.4 Å². The highest BCUT2D eigenvalue weighted by atomic mass is 16.3. The van der Waals surface area contributed by atoms with E-state index in [2.05, 4.69) is 24.4 Å². The Morgan fingerprint density at radius 3 is 2.94 bits per heavy atom. The molecule has 3 heteroatoms. The van der Waals surface area contributed by atoms with Gasteiger partial charge >= 0.3 is 0 Å². The molecular weight excluding hydrogens is 214 g/mol. The average molecular weight is 231 g/mol. The predicted molar refractivity (Wildman–Crippen MR) is 68.0 cm³/mol. The van der Waals surface area contributed by atoms with Crippen molar-refractivity contribution < 1.29 is 9.21 Å². The summed E-state index contributed by atoms with van der Waals surface area (Å²) in [6.07, 6.45) is 3.61. The molecule has 90 valence electrons. The molecule has 0 saturated heterocycles. The van der Waals surface area contributed by atoms with Gasteiger partial charge in [-0.15, -0.1) is 0 Å². The molecule has 17 heavy (non-hydrogen) atoms. The van der Waals surface area contributed by atoms with Crippen LogP contribution in [0.15, 0.2) is 28.9 Å². The first-order valence-corrected chi connectivity index (χ1v) is 5.94. The van der Waals surface area contributed by atoms with Crippen LogP contribution in [0.25, 0.3) is 11.0 Å². The Kier molecular flexibility index (Phi) is 3.47. The van der Waals surface area contributed by atoms with E-state index in [9.17, 15) is 4.79 Å². The standard InChI is InChI=1S/C14H17NO2/c1-3-11-4-5-14-13(8-11)12(9-17-14)6-7-15-10(2)16/h4-5,8-9H,3,6-7H2,1-2H3,(H,15,16). The molecule has 1 amide bonds. The third kappa shape index (κ3) is 2.67. The summed E-state index contributed by atoms with van der Waals surface area (Å²) in [5.41, 5.74) is 3.38. The van der Waals surface area contributed by atoms with Crippen molar-refractivity contribution >= 4 is 16.9 Å². The molecular formula is C14H17NO2. The van der Waals surface area contributed by atoms with Gasteiger partial charge in [-0.1, -0.05) is 13.0 Å². The van der Waals surface area contributed by atoms with Gasteiger partial charge in [0, 0.05) is 18.9 Å². The summed E-state index contributed by atoms with van der Waals surface area (Å²) in [4.78, 5) is 10.8. The maximum absolute atomic E-state index is 10.8. The van der Waals surface area contributed by atoms with Crippen molar-refractivity contribution in [3.05, 3.63) is 35.6 Å².